The first-order valence-corrected chi connectivity index (χ1v) is 7.44. The number of ether oxygens (including phenoxy) is 1. The summed E-state index contributed by atoms with van der Waals surface area (Å²) in [5, 5.41) is 2.90. The zero-order valence-electron chi connectivity index (χ0n) is 13.5. The minimum atomic E-state index is -0.00882. The standard InChI is InChI=1S/C16H27N3O2/c1-5-9-21-14-8-6-7-13(16(14)17)19(4)11-15(20)18-10-12(2)3/h6-8,12H,5,9-11,17H2,1-4H3,(H,18,20). The summed E-state index contributed by atoms with van der Waals surface area (Å²) in [6.07, 6.45) is 0.928. The topological polar surface area (TPSA) is 67.6 Å². The summed E-state index contributed by atoms with van der Waals surface area (Å²) in [5.74, 6) is 1.10. The number of hydrogen-bond donors (Lipinski definition) is 2. The van der Waals surface area contributed by atoms with E-state index < -0.39 is 0 Å². The van der Waals surface area contributed by atoms with Crippen LogP contribution < -0.4 is 20.7 Å². The van der Waals surface area contributed by atoms with Gasteiger partial charge in [-0.15, -0.1) is 0 Å². The molecule has 1 aromatic rings. The normalized spacial score (nSPS) is 10.5. The van der Waals surface area contributed by atoms with Gasteiger partial charge in [0.2, 0.25) is 5.91 Å². The van der Waals surface area contributed by atoms with Crippen LogP contribution in [0.25, 0.3) is 0 Å². The van der Waals surface area contributed by atoms with Gasteiger partial charge in [0.05, 0.1) is 24.5 Å². The fourth-order valence-corrected chi connectivity index (χ4v) is 1.88. The van der Waals surface area contributed by atoms with Crippen molar-refractivity contribution in [1.82, 2.24) is 5.32 Å². The Morgan fingerprint density at radius 1 is 1.43 bits per heavy atom. The third kappa shape index (κ3) is 5.53. The van der Waals surface area contributed by atoms with Crippen molar-refractivity contribution in [2.75, 3.05) is 37.4 Å². The summed E-state index contributed by atoms with van der Waals surface area (Å²) >= 11 is 0. The SMILES string of the molecule is CCCOc1cccc(N(C)CC(=O)NCC(C)C)c1N. The summed E-state index contributed by atoms with van der Waals surface area (Å²) in [6.45, 7) is 7.76. The number of nitrogens with one attached hydrogen (secondary N) is 1. The maximum absolute atomic E-state index is 11.9. The molecular formula is C16H27N3O2. The van der Waals surface area contributed by atoms with Crippen LogP contribution in [-0.4, -0.2) is 32.7 Å². The lowest BCUT2D eigenvalue weighted by molar-refractivity contribution is -0.119. The van der Waals surface area contributed by atoms with Gasteiger partial charge in [0, 0.05) is 13.6 Å². The van der Waals surface area contributed by atoms with E-state index in [0.29, 0.717) is 30.5 Å². The first-order chi connectivity index (χ1) is 9.95. The van der Waals surface area contributed by atoms with Crippen molar-refractivity contribution in [3.63, 3.8) is 0 Å². The molecule has 0 heterocycles. The Morgan fingerprint density at radius 3 is 2.76 bits per heavy atom. The Bertz CT molecular complexity index is 461. The van der Waals surface area contributed by atoms with Crippen LogP contribution in [0, 0.1) is 5.92 Å². The lowest BCUT2D eigenvalue weighted by atomic mass is 10.2. The maximum atomic E-state index is 11.9. The fourth-order valence-electron chi connectivity index (χ4n) is 1.88. The van der Waals surface area contributed by atoms with E-state index >= 15 is 0 Å². The molecule has 0 fully saturated rings. The van der Waals surface area contributed by atoms with Gasteiger partial charge >= 0.3 is 0 Å². The number of hydrogen-bond acceptors (Lipinski definition) is 4. The Kier molecular flexibility index (Phi) is 6.85. The van der Waals surface area contributed by atoms with E-state index in [2.05, 4.69) is 19.2 Å². The molecule has 3 N–H and O–H groups in total. The highest BCUT2D eigenvalue weighted by atomic mass is 16.5. The van der Waals surface area contributed by atoms with Crippen LogP contribution >= 0.6 is 0 Å². The zero-order chi connectivity index (χ0) is 15.8. The highest BCUT2D eigenvalue weighted by Gasteiger charge is 2.13. The summed E-state index contributed by atoms with van der Waals surface area (Å²) in [6, 6.07) is 5.63. The molecule has 1 amide bonds. The molecule has 0 saturated carbocycles. The number of carbonyl (C=O) groups excluding carboxylic acids is 1. The van der Waals surface area contributed by atoms with Crippen molar-refractivity contribution in [2.24, 2.45) is 5.92 Å². The number of amides is 1. The van der Waals surface area contributed by atoms with E-state index in [1.165, 1.54) is 0 Å². The van der Waals surface area contributed by atoms with E-state index in [4.69, 9.17) is 10.5 Å². The second kappa shape index (κ2) is 8.39. The lowest BCUT2D eigenvalue weighted by Gasteiger charge is -2.22. The van der Waals surface area contributed by atoms with Crippen molar-refractivity contribution in [3.05, 3.63) is 18.2 Å². The van der Waals surface area contributed by atoms with Gasteiger partial charge in [-0.25, -0.2) is 0 Å². The molecule has 0 aliphatic rings. The van der Waals surface area contributed by atoms with Crippen LogP contribution in [0.5, 0.6) is 5.75 Å². The van der Waals surface area contributed by atoms with Gasteiger partial charge < -0.3 is 20.7 Å². The average molecular weight is 293 g/mol. The highest BCUT2D eigenvalue weighted by molar-refractivity contribution is 5.84. The number of nitrogens with two attached hydrogens (primary N) is 1. The van der Waals surface area contributed by atoms with Gasteiger partial charge in [-0.05, 0) is 24.5 Å². The second-order valence-electron chi connectivity index (χ2n) is 5.59. The molecule has 0 bridgehead atoms. The van der Waals surface area contributed by atoms with Crippen LogP contribution in [-0.2, 0) is 4.79 Å². The molecule has 0 saturated heterocycles. The molecule has 1 aromatic carbocycles. The van der Waals surface area contributed by atoms with Gasteiger partial charge in [-0.3, -0.25) is 4.79 Å². The number of para-hydroxylation sites is 1. The summed E-state index contributed by atoms with van der Waals surface area (Å²) in [5.41, 5.74) is 7.51. The van der Waals surface area contributed by atoms with Crippen molar-refractivity contribution in [3.8, 4) is 5.75 Å². The predicted octanol–water partition coefficient (Wildman–Crippen LogP) is 2.27. The molecule has 0 spiro atoms. The fraction of sp³-hybridized carbons (Fsp3) is 0.562. The van der Waals surface area contributed by atoms with Gasteiger partial charge in [-0.1, -0.05) is 26.8 Å². The number of nitrogens with zero attached hydrogens (tertiary/aromatic N) is 1. The molecule has 0 radical (unpaired) electrons. The number of carbonyl (C=O) groups is 1. The quantitative estimate of drug-likeness (QED) is 0.722. The van der Waals surface area contributed by atoms with Crippen molar-refractivity contribution in [2.45, 2.75) is 27.2 Å². The monoisotopic (exact) mass is 293 g/mol. The predicted molar refractivity (Wildman–Crippen MR) is 87.8 cm³/mol. The van der Waals surface area contributed by atoms with Gasteiger partial charge in [-0.2, -0.15) is 0 Å². The smallest absolute Gasteiger partial charge is 0.239 e. The average Bonchev–Trinajstić information content (AvgIpc) is 2.44. The minimum Gasteiger partial charge on any atom is -0.491 e. The van der Waals surface area contributed by atoms with Crippen molar-refractivity contribution >= 4 is 17.3 Å². The Morgan fingerprint density at radius 2 is 2.14 bits per heavy atom. The number of likely N-dealkylation sites (N-methyl/N-ethyl adjacent to an activating group) is 1. The molecule has 5 nitrogen and oxygen atoms in total. The lowest BCUT2D eigenvalue weighted by Crippen LogP contribution is -2.37. The molecule has 118 valence electrons. The number of anilines is 2. The van der Waals surface area contributed by atoms with Crippen LogP contribution in [0.4, 0.5) is 11.4 Å². The highest BCUT2D eigenvalue weighted by Crippen LogP contribution is 2.31. The van der Waals surface area contributed by atoms with Crippen molar-refractivity contribution in [1.29, 1.82) is 0 Å². The Labute approximate surface area is 127 Å². The minimum absolute atomic E-state index is 0.00882. The molecule has 1 rings (SSSR count). The third-order valence-corrected chi connectivity index (χ3v) is 3.00. The first kappa shape index (κ1) is 17.1. The van der Waals surface area contributed by atoms with E-state index in [9.17, 15) is 4.79 Å². The number of benzene rings is 1. The van der Waals surface area contributed by atoms with Gasteiger partial charge in [0.15, 0.2) is 0 Å². The number of rotatable bonds is 8. The second-order valence-corrected chi connectivity index (χ2v) is 5.59. The van der Waals surface area contributed by atoms with E-state index in [0.717, 1.165) is 12.1 Å². The van der Waals surface area contributed by atoms with Crippen LogP contribution in [0.1, 0.15) is 27.2 Å². The Hall–Kier alpha value is -1.91. The van der Waals surface area contributed by atoms with E-state index in [1.54, 1.807) is 0 Å². The molecule has 0 atom stereocenters. The van der Waals surface area contributed by atoms with E-state index in [-0.39, 0.29) is 12.5 Å². The molecule has 0 aromatic heterocycles. The van der Waals surface area contributed by atoms with Gasteiger partial charge in [0.25, 0.3) is 0 Å². The van der Waals surface area contributed by atoms with Crippen LogP contribution in [0.15, 0.2) is 18.2 Å². The molecule has 0 aliphatic heterocycles. The first-order valence-electron chi connectivity index (χ1n) is 7.44. The molecule has 5 heteroatoms. The summed E-state index contributed by atoms with van der Waals surface area (Å²) < 4.78 is 5.61. The number of nitrogen functional groups attached to an aromatic ring is 1. The molecule has 0 aliphatic carbocycles. The molecule has 0 unspecified atom stereocenters. The largest absolute Gasteiger partial charge is 0.491 e. The van der Waals surface area contributed by atoms with Gasteiger partial charge in [0.1, 0.15) is 5.75 Å². The van der Waals surface area contributed by atoms with Crippen molar-refractivity contribution < 1.29 is 9.53 Å². The summed E-state index contributed by atoms with van der Waals surface area (Å²) in [7, 11) is 1.85. The van der Waals surface area contributed by atoms with Crippen LogP contribution in [0.3, 0.4) is 0 Å². The molecule has 21 heavy (non-hydrogen) atoms. The Balaban J connectivity index is 2.69. The van der Waals surface area contributed by atoms with Crippen LogP contribution in [0.2, 0.25) is 0 Å². The zero-order valence-corrected chi connectivity index (χ0v) is 13.5. The third-order valence-electron chi connectivity index (χ3n) is 3.00. The molecular weight excluding hydrogens is 266 g/mol. The van der Waals surface area contributed by atoms with E-state index in [1.807, 2.05) is 37.1 Å². The summed E-state index contributed by atoms with van der Waals surface area (Å²) in [4.78, 5) is 13.7. The maximum Gasteiger partial charge on any atom is 0.239 e.